The first kappa shape index (κ1) is 42.9. The summed E-state index contributed by atoms with van der Waals surface area (Å²) in [6, 6.07) is 35.4. The van der Waals surface area contributed by atoms with Crippen molar-refractivity contribution < 1.29 is 38.9 Å². The van der Waals surface area contributed by atoms with Crippen molar-refractivity contribution in [3.05, 3.63) is 155 Å². The van der Waals surface area contributed by atoms with E-state index in [0.29, 0.717) is 18.7 Å². The van der Waals surface area contributed by atoms with Crippen molar-refractivity contribution in [2.45, 2.75) is 50.5 Å². The summed E-state index contributed by atoms with van der Waals surface area (Å²) in [6.45, 7) is 2.78. The lowest BCUT2D eigenvalue weighted by Gasteiger charge is -2.20. The number of anilines is 1. The van der Waals surface area contributed by atoms with E-state index in [4.69, 9.17) is 9.47 Å². The molecule has 0 unspecified atom stereocenters. The summed E-state index contributed by atoms with van der Waals surface area (Å²) in [5.41, 5.74) is 4.46. The van der Waals surface area contributed by atoms with E-state index < -0.39 is 48.4 Å². The predicted octanol–water partition coefficient (Wildman–Crippen LogP) is 3.41. The van der Waals surface area contributed by atoms with Crippen LogP contribution in [0.25, 0.3) is 11.2 Å². The average Bonchev–Trinajstić information content (AvgIpc) is 3.86. The number of fused-ring (bicyclic) bond motifs is 1. The lowest BCUT2D eigenvalue weighted by atomic mass is 9.91. The maximum atomic E-state index is 13.6. The fourth-order valence-electron chi connectivity index (χ4n) is 6.95. The van der Waals surface area contributed by atoms with Crippen LogP contribution >= 0.6 is 0 Å². The van der Waals surface area contributed by atoms with E-state index in [1.165, 1.54) is 10.9 Å². The van der Waals surface area contributed by atoms with Gasteiger partial charge in [-0.15, -0.1) is 0 Å². The molecule has 2 aromatic heterocycles. The average molecular weight is 842 g/mol. The molecule has 3 heterocycles. The topological polar surface area (TPSA) is 231 Å². The number of imidazole rings is 1. The molecule has 1 fully saturated rings. The van der Waals surface area contributed by atoms with Crippen molar-refractivity contribution in [1.29, 1.82) is 0 Å². The van der Waals surface area contributed by atoms with E-state index in [2.05, 4.69) is 41.5 Å². The minimum absolute atomic E-state index is 0.0183. The first-order valence-corrected chi connectivity index (χ1v) is 20.2. The van der Waals surface area contributed by atoms with Crippen LogP contribution in [0.3, 0.4) is 0 Å². The second kappa shape index (κ2) is 20.4. The Bertz CT molecular complexity index is 2420. The number of esters is 1. The number of amides is 4. The Labute approximate surface area is 356 Å². The maximum absolute atomic E-state index is 13.6. The number of carbonyl (C=O) groups excluding carboxylic acids is 4. The molecule has 4 aromatic carbocycles. The highest BCUT2D eigenvalue weighted by Crippen LogP contribution is 2.33. The Morgan fingerprint density at radius 2 is 1.40 bits per heavy atom. The minimum Gasteiger partial charge on any atom is -0.457 e. The number of hydrogen-bond acceptors (Lipinski definition) is 12. The molecule has 17 nitrogen and oxygen atoms in total. The van der Waals surface area contributed by atoms with E-state index in [-0.39, 0.29) is 55.0 Å². The number of aliphatic hydroxyl groups is 2. The SMILES string of the molecule is CCNC(=O)[C@H]1O[C@@H](n2cnc3c(NCC(c4ccccc4)c4ccccc4)nc(C(=O)NCCNC(=O)NCc4ccc(C(=O)OCc5ccccc5)cc4)nc32)[C@@H](O)[C@@H]1O. The van der Waals surface area contributed by atoms with Crippen molar-refractivity contribution in [2.24, 2.45) is 0 Å². The van der Waals surface area contributed by atoms with Crippen molar-refractivity contribution >= 4 is 40.8 Å². The molecule has 0 bridgehead atoms. The van der Waals surface area contributed by atoms with Gasteiger partial charge in [-0.25, -0.2) is 24.5 Å². The number of nitrogens with one attached hydrogen (secondary N) is 5. The van der Waals surface area contributed by atoms with Gasteiger partial charge in [-0.2, -0.15) is 0 Å². The number of benzene rings is 4. The van der Waals surface area contributed by atoms with E-state index in [1.54, 1.807) is 31.2 Å². The summed E-state index contributed by atoms with van der Waals surface area (Å²) < 4.78 is 12.6. The van der Waals surface area contributed by atoms with Crippen LogP contribution < -0.4 is 26.6 Å². The third-order valence-electron chi connectivity index (χ3n) is 10.2. The zero-order chi connectivity index (χ0) is 43.4. The van der Waals surface area contributed by atoms with Gasteiger partial charge < -0.3 is 46.3 Å². The highest BCUT2D eigenvalue weighted by Gasteiger charge is 2.47. The smallest absolute Gasteiger partial charge is 0.338 e. The van der Waals surface area contributed by atoms with Crippen molar-refractivity contribution in [1.82, 2.24) is 40.8 Å². The molecule has 0 radical (unpaired) electrons. The van der Waals surface area contributed by atoms with Gasteiger partial charge in [-0.3, -0.25) is 14.2 Å². The molecule has 62 heavy (non-hydrogen) atoms. The second-order valence-corrected chi connectivity index (χ2v) is 14.4. The van der Waals surface area contributed by atoms with Crippen LogP contribution in [-0.2, 0) is 27.4 Å². The van der Waals surface area contributed by atoms with Crippen molar-refractivity contribution in [2.75, 3.05) is 31.5 Å². The third-order valence-corrected chi connectivity index (χ3v) is 10.2. The number of likely N-dealkylation sites (N-methyl/N-ethyl adjacent to an activating group) is 1. The number of urea groups is 1. The van der Waals surface area contributed by atoms with Gasteiger partial charge in [-0.1, -0.05) is 103 Å². The molecule has 0 spiro atoms. The van der Waals surface area contributed by atoms with Crippen molar-refractivity contribution in [3.8, 4) is 0 Å². The summed E-state index contributed by atoms with van der Waals surface area (Å²) in [6.07, 6.45) is -4.37. The highest BCUT2D eigenvalue weighted by molar-refractivity contribution is 5.94. The van der Waals surface area contributed by atoms with E-state index in [9.17, 15) is 29.4 Å². The van der Waals surface area contributed by atoms with E-state index in [1.807, 2.05) is 91.0 Å². The Morgan fingerprint density at radius 3 is 2.06 bits per heavy atom. The summed E-state index contributed by atoms with van der Waals surface area (Å²) in [7, 11) is 0. The molecule has 0 saturated carbocycles. The molecular formula is C45H47N9O8. The summed E-state index contributed by atoms with van der Waals surface area (Å²) in [4.78, 5) is 64.9. The Balaban J connectivity index is 1.00. The van der Waals surface area contributed by atoms with Gasteiger partial charge in [0.25, 0.3) is 11.8 Å². The summed E-state index contributed by atoms with van der Waals surface area (Å²) in [5.74, 6) is -1.86. The van der Waals surface area contributed by atoms with E-state index in [0.717, 1.165) is 22.3 Å². The highest BCUT2D eigenvalue weighted by atomic mass is 16.6. The van der Waals surface area contributed by atoms with Crippen LogP contribution in [0.5, 0.6) is 0 Å². The molecule has 1 aliphatic rings. The molecule has 1 aliphatic heterocycles. The lowest BCUT2D eigenvalue weighted by molar-refractivity contribution is -0.137. The van der Waals surface area contributed by atoms with Crippen molar-refractivity contribution in [3.63, 3.8) is 0 Å². The van der Waals surface area contributed by atoms with Crippen LogP contribution in [-0.4, -0.2) is 98.0 Å². The van der Waals surface area contributed by atoms with Gasteiger partial charge in [0.1, 0.15) is 18.8 Å². The molecule has 4 atom stereocenters. The molecule has 4 amide bonds. The molecular weight excluding hydrogens is 795 g/mol. The van der Waals surface area contributed by atoms with Crippen LogP contribution in [0, 0.1) is 0 Å². The zero-order valence-electron chi connectivity index (χ0n) is 33.8. The molecule has 6 aromatic rings. The zero-order valence-corrected chi connectivity index (χ0v) is 33.8. The Hall–Kier alpha value is -7.21. The number of ether oxygens (including phenoxy) is 2. The fourth-order valence-corrected chi connectivity index (χ4v) is 6.95. The number of carbonyl (C=O) groups is 4. The molecule has 17 heteroatoms. The first-order chi connectivity index (χ1) is 30.2. The third kappa shape index (κ3) is 10.4. The second-order valence-electron chi connectivity index (χ2n) is 14.4. The molecule has 7 rings (SSSR count). The number of rotatable bonds is 17. The van der Waals surface area contributed by atoms with Gasteiger partial charge >= 0.3 is 12.0 Å². The van der Waals surface area contributed by atoms with Gasteiger partial charge in [0.15, 0.2) is 29.3 Å². The number of aromatic nitrogens is 4. The molecule has 7 N–H and O–H groups in total. The summed E-state index contributed by atoms with van der Waals surface area (Å²) in [5, 5.41) is 35.9. The number of nitrogens with zero attached hydrogens (tertiary/aromatic N) is 4. The largest absolute Gasteiger partial charge is 0.457 e. The Kier molecular flexibility index (Phi) is 14.1. The maximum Gasteiger partial charge on any atom is 0.338 e. The van der Waals surface area contributed by atoms with Gasteiger partial charge in [0, 0.05) is 38.6 Å². The van der Waals surface area contributed by atoms with E-state index >= 15 is 0 Å². The van der Waals surface area contributed by atoms with Gasteiger partial charge in [0.2, 0.25) is 5.82 Å². The molecule has 320 valence electrons. The number of hydrogen-bond donors (Lipinski definition) is 7. The normalized spacial score (nSPS) is 17.0. The molecule has 1 saturated heterocycles. The molecule has 0 aliphatic carbocycles. The Morgan fingerprint density at radius 1 is 0.758 bits per heavy atom. The first-order valence-electron chi connectivity index (χ1n) is 20.2. The van der Waals surface area contributed by atoms with Crippen LogP contribution in [0.1, 0.15) is 62.3 Å². The number of aliphatic hydroxyl groups excluding tert-OH is 2. The van der Waals surface area contributed by atoms with Crippen LogP contribution in [0.4, 0.5) is 10.6 Å². The van der Waals surface area contributed by atoms with Gasteiger partial charge in [-0.05, 0) is 41.3 Å². The van der Waals surface area contributed by atoms with Crippen LogP contribution in [0.15, 0.2) is 122 Å². The van der Waals surface area contributed by atoms with Crippen LogP contribution in [0.2, 0.25) is 0 Å². The standard InChI is InChI=1S/C45H47N9O8/c1-2-46-41(57)37-35(55)36(56)43(62-37)54-27-51-34-38(49-25-33(30-14-8-4-9-15-30)31-16-10-5-11-17-31)52-39(53-40(34)54)42(58)47-22-23-48-45(60)50-24-28-18-20-32(21-19-28)44(59)61-26-29-12-6-3-7-13-29/h3-21,27,33,35-37,43,55-56H,2,22-26H2,1H3,(H,46,57)(H,47,58)(H2,48,50,60)(H,49,52,53)/t35-,36-,37-,43+/m0/s1. The fraction of sp³-hybridized carbons (Fsp3) is 0.267. The minimum atomic E-state index is -1.55. The predicted molar refractivity (Wildman–Crippen MR) is 228 cm³/mol. The van der Waals surface area contributed by atoms with Gasteiger partial charge in [0.05, 0.1) is 11.9 Å². The summed E-state index contributed by atoms with van der Waals surface area (Å²) >= 11 is 0. The monoisotopic (exact) mass is 841 g/mol. The lowest BCUT2D eigenvalue weighted by Crippen LogP contribution is -2.42. The quantitative estimate of drug-likeness (QED) is 0.0518.